The van der Waals surface area contributed by atoms with E-state index in [1.54, 1.807) is 13.1 Å². The van der Waals surface area contributed by atoms with Gasteiger partial charge in [0.05, 0.1) is 11.5 Å². The Kier molecular flexibility index (Phi) is 3.65. The number of aromatic amines is 1. The highest BCUT2D eigenvalue weighted by molar-refractivity contribution is 5.55. The second kappa shape index (κ2) is 5.39. The number of aromatic nitrogens is 2. The van der Waals surface area contributed by atoms with Crippen molar-refractivity contribution in [2.24, 2.45) is 0 Å². The number of nitrogens with zero attached hydrogens (tertiary/aromatic N) is 2. The zero-order valence-electron chi connectivity index (χ0n) is 10.6. The summed E-state index contributed by atoms with van der Waals surface area (Å²) in [7, 11) is 1.68. The molecule has 0 aliphatic heterocycles. The first kappa shape index (κ1) is 13.5. The Morgan fingerprint density at radius 2 is 2.10 bits per heavy atom. The number of nitro benzene ring substituents is 1. The molecule has 0 unspecified atom stereocenters. The molecule has 0 saturated heterocycles. The quantitative estimate of drug-likeness (QED) is 0.625. The molecule has 1 aromatic carbocycles. The van der Waals surface area contributed by atoms with Crippen molar-refractivity contribution in [1.82, 2.24) is 9.55 Å². The van der Waals surface area contributed by atoms with Crippen molar-refractivity contribution >= 4 is 11.4 Å². The molecule has 1 aromatic heterocycles. The highest BCUT2D eigenvalue weighted by Crippen LogP contribution is 2.22. The van der Waals surface area contributed by atoms with Crippen LogP contribution in [0.3, 0.4) is 0 Å². The molecule has 2 rings (SSSR count). The lowest BCUT2D eigenvalue weighted by Gasteiger charge is -2.10. The molecule has 0 amide bonds. The summed E-state index contributed by atoms with van der Waals surface area (Å²) in [5.74, 6) is 0. The molecule has 2 N–H and O–H groups in total. The summed E-state index contributed by atoms with van der Waals surface area (Å²) >= 11 is 0. The number of hydrogen-bond acceptors (Lipinski definition) is 5. The fraction of sp³-hybridized carbons (Fsp3) is 0.167. The van der Waals surface area contributed by atoms with Crippen LogP contribution >= 0.6 is 0 Å². The van der Waals surface area contributed by atoms with Crippen LogP contribution in [-0.4, -0.2) is 21.5 Å². The van der Waals surface area contributed by atoms with Crippen LogP contribution in [0.15, 0.2) is 40.1 Å². The number of benzene rings is 1. The summed E-state index contributed by atoms with van der Waals surface area (Å²) in [5, 5.41) is 13.7. The number of nitrogens with one attached hydrogen (secondary N) is 2. The zero-order chi connectivity index (χ0) is 14.7. The summed E-state index contributed by atoms with van der Waals surface area (Å²) in [4.78, 5) is 35.0. The molecular formula is C12H12N4O4. The van der Waals surface area contributed by atoms with Crippen LogP contribution in [0.25, 0.3) is 0 Å². The standard InChI is InChI=1S/C12H12N4O4/c1-13-10-3-2-9(16(19)20)6-8(10)7-15-5-4-11(17)14-12(15)18/h2-6,13H,7H2,1H3,(H,14,17,18). The number of non-ortho nitro benzene ring substituents is 1. The van der Waals surface area contributed by atoms with E-state index in [0.29, 0.717) is 11.3 Å². The average Bonchev–Trinajstić information content (AvgIpc) is 2.41. The Hall–Kier alpha value is -2.90. The number of H-pyrrole nitrogens is 1. The monoisotopic (exact) mass is 276 g/mol. The molecule has 20 heavy (non-hydrogen) atoms. The summed E-state index contributed by atoms with van der Waals surface area (Å²) in [6, 6.07) is 5.57. The van der Waals surface area contributed by atoms with E-state index in [4.69, 9.17) is 0 Å². The van der Waals surface area contributed by atoms with Gasteiger partial charge in [0.25, 0.3) is 11.2 Å². The minimum atomic E-state index is -0.564. The fourth-order valence-corrected chi connectivity index (χ4v) is 1.82. The van der Waals surface area contributed by atoms with Gasteiger partial charge in [-0.25, -0.2) is 4.79 Å². The van der Waals surface area contributed by atoms with Crippen LogP contribution in [0.1, 0.15) is 5.56 Å². The third-order valence-corrected chi connectivity index (χ3v) is 2.81. The Balaban J connectivity index is 2.46. The van der Waals surface area contributed by atoms with E-state index in [9.17, 15) is 19.7 Å². The lowest BCUT2D eigenvalue weighted by molar-refractivity contribution is -0.384. The summed E-state index contributed by atoms with van der Waals surface area (Å²) in [5.41, 5.74) is 0.145. The van der Waals surface area contributed by atoms with Gasteiger partial charge in [-0.3, -0.25) is 24.5 Å². The normalized spacial score (nSPS) is 10.2. The Labute approximate surface area is 112 Å². The third-order valence-electron chi connectivity index (χ3n) is 2.81. The van der Waals surface area contributed by atoms with Gasteiger partial charge in [-0.15, -0.1) is 0 Å². The Morgan fingerprint density at radius 1 is 1.35 bits per heavy atom. The van der Waals surface area contributed by atoms with Gasteiger partial charge in [0.15, 0.2) is 0 Å². The molecule has 0 spiro atoms. The van der Waals surface area contributed by atoms with E-state index in [1.807, 2.05) is 0 Å². The van der Waals surface area contributed by atoms with Crippen LogP contribution in [0.4, 0.5) is 11.4 Å². The highest BCUT2D eigenvalue weighted by Gasteiger charge is 2.11. The van der Waals surface area contributed by atoms with Gasteiger partial charge in [-0.2, -0.15) is 0 Å². The lowest BCUT2D eigenvalue weighted by atomic mass is 10.1. The van der Waals surface area contributed by atoms with Crippen LogP contribution in [0.2, 0.25) is 0 Å². The summed E-state index contributed by atoms with van der Waals surface area (Å²) in [6.45, 7) is 0.119. The fourth-order valence-electron chi connectivity index (χ4n) is 1.82. The minimum Gasteiger partial charge on any atom is -0.388 e. The molecule has 0 saturated carbocycles. The maximum atomic E-state index is 11.6. The van der Waals surface area contributed by atoms with Gasteiger partial charge in [0.2, 0.25) is 0 Å². The first-order chi connectivity index (χ1) is 9.51. The van der Waals surface area contributed by atoms with Gasteiger partial charge in [0.1, 0.15) is 0 Å². The van der Waals surface area contributed by atoms with Crippen molar-refractivity contribution in [1.29, 1.82) is 0 Å². The molecule has 1 heterocycles. The predicted octanol–water partition coefficient (Wildman–Crippen LogP) is 0.535. The predicted molar refractivity (Wildman–Crippen MR) is 73.1 cm³/mol. The maximum Gasteiger partial charge on any atom is 0.328 e. The first-order valence-corrected chi connectivity index (χ1v) is 5.76. The molecule has 2 aromatic rings. The summed E-state index contributed by atoms with van der Waals surface area (Å²) < 4.78 is 1.27. The van der Waals surface area contributed by atoms with Crippen molar-refractivity contribution in [3.05, 3.63) is 67.0 Å². The molecule has 0 atom stereocenters. The molecule has 0 bridgehead atoms. The second-order valence-corrected chi connectivity index (χ2v) is 4.09. The SMILES string of the molecule is CNc1ccc([N+](=O)[O-])cc1Cn1ccc(=O)[nH]c1=O. The molecular weight excluding hydrogens is 264 g/mol. The second-order valence-electron chi connectivity index (χ2n) is 4.09. The van der Waals surface area contributed by atoms with E-state index >= 15 is 0 Å². The van der Waals surface area contributed by atoms with Crippen LogP contribution in [0.5, 0.6) is 0 Å². The maximum absolute atomic E-state index is 11.6. The van der Waals surface area contributed by atoms with Crippen LogP contribution < -0.4 is 16.6 Å². The zero-order valence-corrected chi connectivity index (χ0v) is 10.6. The van der Waals surface area contributed by atoms with Crippen LogP contribution in [-0.2, 0) is 6.54 Å². The van der Waals surface area contributed by atoms with Gasteiger partial charge >= 0.3 is 5.69 Å². The van der Waals surface area contributed by atoms with E-state index in [-0.39, 0.29) is 12.2 Å². The van der Waals surface area contributed by atoms with E-state index in [0.717, 1.165) is 0 Å². The lowest BCUT2D eigenvalue weighted by Crippen LogP contribution is -2.29. The van der Waals surface area contributed by atoms with Crippen molar-refractivity contribution in [2.45, 2.75) is 6.54 Å². The number of anilines is 1. The summed E-state index contributed by atoms with van der Waals surface area (Å²) in [6.07, 6.45) is 1.35. The van der Waals surface area contributed by atoms with E-state index < -0.39 is 16.2 Å². The molecule has 0 radical (unpaired) electrons. The molecule has 0 fully saturated rings. The number of nitro groups is 1. The first-order valence-electron chi connectivity index (χ1n) is 5.76. The molecule has 8 nitrogen and oxygen atoms in total. The topological polar surface area (TPSA) is 110 Å². The van der Waals surface area contributed by atoms with Gasteiger partial charge in [-0.05, 0) is 6.07 Å². The minimum absolute atomic E-state index is 0.0588. The van der Waals surface area contributed by atoms with Crippen molar-refractivity contribution in [2.75, 3.05) is 12.4 Å². The molecule has 8 heteroatoms. The Bertz CT molecular complexity index is 763. The van der Waals surface area contributed by atoms with E-state index in [1.165, 1.54) is 29.0 Å². The molecule has 0 aliphatic carbocycles. The number of rotatable bonds is 4. The van der Waals surface area contributed by atoms with Crippen molar-refractivity contribution in [3.63, 3.8) is 0 Å². The van der Waals surface area contributed by atoms with Crippen LogP contribution in [0, 0.1) is 10.1 Å². The molecule has 104 valence electrons. The average molecular weight is 276 g/mol. The van der Waals surface area contributed by atoms with E-state index in [2.05, 4.69) is 10.3 Å². The van der Waals surface area contributed by atoms with Crippen molar-refractivity contribution < 1.29 is 4.92 Å². The Morgan fingerprint density at radius 3 is 2.70 bits per heavy atom. The van der Waals surface area contributed by atoms with Gasteiger partial charge in [-0.1, -0.05) is 0 Å². The highest BCUT2D eigenvalue weighted by atomic mass is 16.6. The van der Waals surface area contributed by atoms with Crippen molar-refractivity contribution in [3.8, 4) is 0 Å². The smallest absolute Gasteiger partial charge is 0.328 e. The van der Waals surface area contributed by atoms with Gasteiger partial charge < -0.3 is 5.32 Å². The van der Waals surface area contributed by atoms with Gasteiger partial charge in [0, 0.05) is 42.7 Å². The molecule has 0 aliphatic rings. The third kappa shape index (κ3) is 2.74. The number of hydrogen-bond donors (Lipinski definition) is 2. The largest absolute Gasteiger partial charge is 0.388 e.